The van der Waals surface area contributed by atoms with Crippen molar-refractivity contribution in [1.29, 1.82) is 0 Å². The Kier molecular flexibility index (Phi) is 8.83. The van der Waals surface area contributed by atoms with Crippen LogP contribution < -0.4 is 9.47 Å². The number of hydrogen-bond donors (Lipinski definition) is 2. The summed E-state index contributed by atoms with van der Waals surface area (Å²) in [5, 5.41) is 19.3. The Balaban J connectivity index is 3.29. The number of rotatable bonds is 8. The summed E-state index contributed by atoms with van der Waals surface area (Å²) in [6, 6.07) is 3.36. The van der Waals surface area contributed by atoms with Gasteiger partial charge in [-0.2, -0.15) is 0 Å². The predicted molar refractivity (Wildman–Crippen MR) is 101 cm³/mol. The van der Waals surface area contributed by atoms with E-state index in [4.69, 9.17) is 14.6 Å². The number of methoxy groups -OCH3 is 2. The summed E-state index contributed by atoms with van der Waals surface area (Å²) in [5.74, 6) is -0.546. The fourth-order valence-electron chi connectivity index (χ4n) is 2.06. The molecule has 0 bridgehead atoms. The van der Waals surface area contributed by atoms with Gasteiger partial charge in [-0.25, -0.2) is 4.99 Å². The lowest BCUT2D eigenvalue weighted by Gasteiger charge is -2.13. The highest BCUT2D eigenvalue weighted by atomic mass is 32.2. The second-order valence-corrected chi connectivity index (χ2v) is 6.02. The molecule has 0 saturated heterocycles. The number of benzene rings is 1. The molecule has 0 aliphatic heterocycles. The Morgan fingerprint density at radius 3 is 2.28 bits per heavy atom. The van der Waals surface area contributed by atoms with Crippen molar-refractivity contribution >= 4 is 28.6 Å². The fraction of sp³-hybridized carbons (Fsp3) is 0.471. The Morgan fingerprint density at radius 1 is 1.24 bits per heavy atom. The lowest BCUT2D eigenvalue weighted by atomic mass is 10.0. The highest BCUT2D eigenvalue weighted by Gasteiger charge is 2.15. The standard InChI is InChI=1S/C17H24N2O5S/c1-5-6-7-12(19-17(18-2)25-10-15(20)21)11-8-13(23-3)16(22)14(9-11)24-4/h8-9,22H,5-7,10H2,1-4H3,(H,20,21). The van der Waals surface area contributed by atoms with Crippen molar-refractivity contribution in [3.63, 3.8) is 0 Å². The number of carboxylic acid groups (broad SMARTS) is 1. The minimum Gasteiger partial charge on any atom is -0.502 e. The Bertz CT molecular complexity index is 633. The molecule has 7 nitrogen and oxygen atoms in total. The number of phenolic OH excluding ortho intramolecular Hbond substituents is 1. The van der Waals surface area contributed by atoms with Crippen LogP contribution >= 0.6 is 11.8 Å². The Hall–Kier alpha value is -2.22. The average Bonchev–Trinajstić information content (AvgIpc) is 2.61. The molecule has 0 spiro atoms. The maximum Gasteiger partial charge on any atom is 0.313 e. The third-order valence-electron chi connectivity index (χ3n) is 3.33. The first kappa shape index (κ1) is 20.8. The van der Waals surface area contributed by atoms with E-state index < -0.39 is 5.97 Å². The maximum atomic E-state index is 10.8. The topological polar surface area (TPSA) is 101 Å². The Labute approximate surface area is 151 Å². The lowest BCUT2D eigenvalue weighted by molar-refractivity contribution is -0.133. The number of carbonyl (C=O) groups is 1. The van der Waals surface area contributed by atoms with Gasteiger partial charge in [-0.3, -0.25) is 9.79 Å². The molecule has 8 heteroatoms. The SMILES string of the molecule is CCCCC(=NC(=NC)SCC(=O)O)c1cc(OC)c(O)c(OC)c1. The molecule has 2 N–H and O–H groups in total. The third kappa shape index (κ3) is 6.30. The van der Waals surface area contributed by atoms with E-state index in [1.807, 2.05) is 0 Å². The summed E-state index contributed by atoms with van der Waals surface area (Å²) in [4.78, 5) is 19.3. The van der Waals surface area contributed by atoms with Crippen LogP contribution in [0.5, 0.6) is 17.2 Å². The van der Waals surface area contributed by atoms with Crippen LogP contribution in [0.2, 0.25) is 0 Å². The molecule has 0 radical (unpaired) electrons. The monoisotopic (exact) mass is 368 g/mol. The van der Waals surface area contributed by atoms with Crippen LogP contribution in [-0.2, 0) is 4.79 Å². The summed E-state index contributed by atoms with van der Waals surface area (Å²) in [7, 11) is 4.49. The van der Waals surface area contributed by atoms with Crippen molar-refractivity contribution in [3.8, 4) is 17.2 Å². The number of aromatic hydroxyl groups is 1. The van der Waals surface area contributed by atoms with Gasteiger partial charge >= 0.3 is 5.97 Å². The van der Waals surface area contributed by atoms with Crippen LogP contribution in [0.1, 0.15) is 31.7 Å². The third-order valence-corrected chi connectivity index (χ3v) is 4.25. The highest BCUT2D eigenvalue weighted by Crippen LogP contribution is 2.37. The second kappa shape index (κ2) is 10.6. The molecule has 1 aromatic rings. The molecule has 0 unspecified atom stereocenters. The van der Waals surface area contributed by atoms with Crippen LogP contribution in [0, 0.1) is 0 Å². The molecule has 0 aliphatic carbocycles. The molecule has 138 valence electrons. The fourth-order valence-corrected chi connectivity index (χ4v) is 2.61. The number of aliphatic carboxylic acids is 1. The van der Waals surface area contributed by atoms with Gasteiger partial charge in [0.25, 0.3) is 0 Å². The first-order chi connectivity index (χ1) is 12.0. The lowest BCUT2D eigenvalue weighted by Crippen LogP contribution is -2.07. The van der Waals surface area contributed by atoms with Gasteiger partial charge in [0.15, 0.2) is 16.7 Å². The summed E-state index contributed by atoms with van der Waals surface area (Å²) >= 11 is 1.06. The number of nitrogens with zero attached hydrogens (tertiary/aromatic N) is 2. The van der Waals surface area contributed by atoms with Crippen molar-refractivity contribution in [2.45, 2.75) is 26.2 Å². The minimum absolute atomic E-state index is 0.0757. The van der Waals surface area contributed by atoms with Crippen LogP contribution in [0.3, 0.4) is 0 Å². The summed E-state index contributed by atoms with van der Waals surface area (Å²) in [5.41, 5.74) is 1.47. The van der Waals surface area contributed by atoms with Crippen LogP contribution in [0.15, 0.2) is 22.1 Å². The number of aliphatic imine (C=N–C) groups is 2. The van der Waals surface area contributed by atoms with Gasteiger partial charge in [0.2, 0.25) is 5.75 Å². The van der Waals surface area contributed by atoms with Gasteiger partial charge < -0.3 is 19.7 Å². The molecule has 1 rings (SSSR count). The number of thioether (sulfide) groups is 1. The van der Waals surface area contributed by atoms with Crippen molar-refractivity contribution in [3.05, 3.63) is 17.7 Å². The maximum absolute atomic E-state index is 10.8. The van der Waals surface area contributed by atoms with E-state index in [2.05, 4.69) is 16.9 Å². The highest BCUT2D eigenvalue weighted by molar-refractivity contribution is 8.14. The first-order valence-corrected chi connectivity index (χ1v) is 8.79. The van der Waals surface area contributed by atoms with Gasteiger partial charge in [0.05, 0.1) is 25.7 Å². The van der Waals surface area contributed by atoms with Crippen molar-refractivity contribution in [1.82, 2.24) is 0 Å². The van der Waals surface area contributed by atoms with E-state index in [-0.39, 0.29) is 23.0 Å². The molecule has 0 saturated carbocycles. The molecule has 0 aromatic heterocycles. The van der Waals surface area contributed by atoms with E-state index in [1.165, 1.54) is 14.2 Å². The van der Waals surface area contributed by atoms with Crippen molar-refractivity contribution < 1.29 is 24.5 Å². The largest absolute Gasteiger partial charge is 0.502 e. The zero-order valence-corrected chi connectivity index (χ0v) is 15.7. The summed E-state index contributed by atoms with van der Waals surface area (Å²) in [6.45, 7) is 2.07. The molecule has 1 aromatic carbocycles. The van der Waals surface area contributed by atoms with Crippen molar-refractivity contribution in [2.24, 2.45) is 9.98 Å². The van der Waals surface area contributed by atoms with Crippen molar-refractivity contribution in [2.75, 3.05) is 27.0 Å². The average molecular weight is 368 g/mol. The number of phenols is 1. The summed E-state index contributed by atoms with van der Waals surface area (Å²) in [6.07, 6.45) is 2.57. The van der Waals surface area contributed by atoms with Gasteiger partial charge in [-0.15, -0.1) is 0 Å². The number of ether oxygens (including phenoxy) is 2. The smallest absolute Gasteiger partial charge is 0.313 e. The second-order valence-electron chi connectivity index (χ2n) is 5.08. The summed E-state index contributed by atoms with van der Waals surface area (Å²) < 4.78 is 10.4. The minimum atomic E-state index is -0.926. The van der Waals surface area contributed by atoms with Gasteiger partial charge in [0.1, 0.15) is 0 Å². The van der Waals surface area contributed by atoms with E-state index in [1.54, 1.807) is 19.2 Å². The zero-order valence-electron chi connectivity index (χ0n) is 14.9. The molecular formula is C17H24N2O5S. The van der Waals surface area contributed by atoms with Crippen LogP contribution in [-0.4, -0.2) is 54.1 Å². The number of amidine groups is 1. The Morgan fingerprint density at radius 2 is 1.84 bits per heavy atom. The van der Waals surface area contributed by atoms with Gasteiger partial charge in [-0.1, -0.05) is 25.1 Å². The molecular weight excluding hydrogens is 344 g/mol. The molecule has 0 heterocycles. The molecule has 0 fully saturated rings. The van der Waals surface area contributed by atoms with Crippen LogP contribution in [0.4, 0.5) is 0 Å². The molecule has 25 heavy (non-hydrogen) atoms. The van der Waals surface area contributed by atoms with E-state index in [9.17, 15) is 9.90 Å². The van der Waals surface area contributed by atoms with Gasteiger partial charge in [-0.05, 0) is 25.0 Å². The first-order valence-electron chi connectivity index (χ1n) is 7.81. The molecule has 0 aliphatic rings. The van der Waals surface area contributed by atoms with E-state index >= 15 is 0 Å². The molecule has 0 amide bonds. The number of unbranched alkanes of at least 4 members (excludes halogenated alkanes) is 1. The van der Waals surface area contributed by atoms with E-state index in [0.717, 1.165) is 35.9 Å². The normalized spacial score (nSPS) is 12.2. The quantitative estimate of drug-likeness (QED) is 0.540. The van der Waals surface area contributed by atoms with Crippen LogP contribution in [0.25, 0.3) is 0 Å². The predicted octanol–water partition coefficient (Wildman–Crippen LogP) is 3.19. The number of carboxylic acids is 1. The zero-order chi connectivity index (χ0) is 18.8. The van der Waals surface area contributed by atoms with Gasteiger partial charge in [0, 0.05) is 12.6 Å². The van der Waals surface area contributed by atoms with E-state index in [0.29, 0.717) is 11.6 Å². The molecule has 0 atom stereocenters. The number of hydrogen-bond acceptors (Lipinski definition) is 6.